The van der Waals surface area contributed by atoms with Gasteiger partial charge in [0.1, 0.15) is 5.84 Å². The van der Waals surface area contributed by atoms with Gasteiger partial charge >= 0.3 is 0 Å². The van der Waals surface area contributed by atoms with Crippen LogP contribution in [0.5, 0.6) is 0 Å². The second-order valence-electron chi connectivity index (χ2n) is 3.54. The van der Waals surface area contributed by atoms with E-state index in [1.54, 1.807) is 0 Å². The summed E-state index contributed by atoms with van der Waals surface area (Å²) in [6, 6.07) is 9.58. The monoisotopic (exact) mass is 218 g/mol. The van der Waals surface area contributed by atoms with Crippen LogP contribution in [-0.2, 0) is 0 Å². The van der Waals surface area contributed by atoms with E-state index in [9.17, 15) is 0 Å². The van der Waals surface area contributed by atoms with Gasteiger partial charge in [0.2, 0.25) is 0 Å². The number of fused-ring (bicyclic) bond motifs is 1. The zero-order valence-electron chi connectivity index (χ0n) is 8.34. The lowest BCUT2D eigenvalue weighted by atomic mass is 10.0. The molecule has 0 spiro atoms. The number of nitrogens with one attached hydrogen (secondary N) is 1. The van der Waals surface area contributed by atoms with Gasteiger partial charge in [-0.1, -0.05) is 23.7 Å². The van der Waals surface area contributed by atoms with Crippen LogP contribution in [0.4, 0.5) is 0 Å². The molecule has 0 amide bonds. The van der Waals surface area contributed by atoms with E-state index >= 15 is 0 Å². The third-order valence-corrected chi connectivity index (χ3v) is 2.79. The smallest absolute Gasteiger partial charge is 0.123 e. The standard InChI is InChI=1S/C12H11ClN2/c1-7-5-10-8(3-2-4-11(10)13)6-9(7)12(14)15/h2-6H,1H3,(H3,14,15). The zero-order chi connectivity index (χ0) is 11.0. The lowest BCUT2D eigenvalue weighted by Gasteiger charge is -2.07. The first-order chi connectivity index (χ1) is 7.09. The number of benzene rings is 2. The van der Waals surface area contributed by atoms with E-state index in [0.717, 1.165) is 26.9 Å². The summed E-state index contributed by atoms with van der Waals surface area (Å²) in [5, 5.41) is 10.2. The molecule has 0 aliphatic heterocycles. The fourth-order valence-electron chi connectivity index (χ4n) is 1.69. The van der Waals surface area contributed by atoms with Crippen LogP contribution in [0.25, 0.3) is 10.8 Å². The molecular weight excluding hydrogens is 208 g/mol. The third kappa shape index (κ3) is 1.68. The number of amidine groups is 1. The number of nitrogen functional groups attached to an aromatic ring is 1. The van der Waals surface area contributed by atoms with E-state index in [0.29, 0.717) is 0 Å². The lowest BCUT2D eigenvalue weighted by Crippen LogP contribution is -2.12. The van der Waals surface area contributed by atoms with Crippen molar-refractivity contribution in [2.24, 2.45) is 5.73 Å². The molecule has 0 saturated heterocycles. The fraction of sp³-hybridized carbons (Fsp3) is 0.0833. The quantitative estimate of drug-likeness (QED) is 0.561. The van der Waals surface area contributed by atoms with Crippen molar-refractivity contribution >= 4 is 28.2 Å². The van der Waals surface area contributed by atoms with Gasteiger partial charge in [-0.25, -0.2) is 0 Å². The van der Waals surface area contributed by atoms with E-state index in [4.69, 9.17) is 22.7 Å². The molecule has 0 bridgehead atoms. The molecule has 76 valence electrons. The van der Waals surface area contributed by atoms with Gasteiger partial charge in [-0.3, -0.25) is 5.41 Å². The van der Waals surface area contributed by atoms with Crippen LogP contribution in [0.3, 0.4) is 0 Å². The van der Waals surface area contributed by atoms with Crippen LogP contribution in [0, 0.1) is 12.3 Å². The molecule has 0 saturated carbocycles. The summed E-state index contributed by atoms with van der Waals surface area (Å²) in [7, 11) is 0. The summed E-state index contributed by atoms with van der Waals surface area (Å²) in [6.45, 7) is 1.93. The third-order valence-electron chi connectivity index (χ3n) is 2.46. The molecule has 2 nitrogen and oxygen atoms in total. The molecule has 2 aromatic carbocycles. The van der Waals surface area contributed by atoms with Crippen LogP contribution >= 0.6 is 11.6 Å². The number of hydrogen-bond donors (Lipinski definition) is 2. The minimum atomic E-state index is 0.0920. The molecule has 0 aromatic heterocycles. The van der Waals surface area contributed by atoms with Gasteiger partial charge in [-0.05, 0) is 36.1 Å². The maximum Gasteiger partial charge on any atom is 0.123 e. The van der Waals surface area contributed by atoms with E-state index in [1.165, 1.54) is 0 Å². The summed E-state index contributed by atoms with van der Waals surface area (Å²) < 4.78 is 0. The Hall–Kier alpha value is -1.54. The Morgan fingerprint density at radius 2 is 2.07 bits per heavy atom. The Kier molecular flexibility index (Phi) is 2.37. The number of halogens is 1. The van der Waals surface area contributed by atoms with Crippen LogP contribution in [0.15, 0.2) is 30.3 Å². The van der Waals surface area contributed by atoms with E-state index in [-0.39, 0.29) is 5.84 Å². The van der Waals surface area contributed by atoms with Crippen molar-refractivity contribution in [3.63, 3.8) is 0 Å². The highest BCUT2D eigenvalue weighted by molar-refractivity contribution is 6.35. The first-order valence-electron chi connectivity index (χ1n) is 4.63. The average molecular weight is 219 g/mol. The summed E-state index contributed by atoms with van der Waals surface area (Å²) in [5.41, 5.74) is 7.24. The fourth-order valence-corrected chi connectivity index (χ4v) is 1.92. The predicted molar refractivity (Wildman–Crippen MR) is 64.7 cm³/mol. The first-order valence-corrected chi connectivity index (χ1v) is 5.00. The largest absolute Gasteiger partial charge is 0.384 e. The van der Waals surface area contributed by atoms with Gasteiger partial charge in [0, 0.05) is 16.0 Å². The molecule has 15 heavy (non-hydrogen) atoms. The topological polar surface area (TPSA) is 49.9 Å². The van der Waals surface area contributed by atoms with Gasteiger partial charge in [0.05, 0.1) is 0 Å². The van der Waals surface area contributed by atoms with Gasteiger partial charge in [-0.2, -0.15) is 0 Å². The Labute approximate surface area is 93.2 Å². The number of nitrogens with two attached hydrogens (primary N) is 1. The molecule has 0 unspecified atom stereocenters. The van der Waals surface area contributed by atoms with Gasteiger partial charge in [-0.15, -0.1) is 0 Å². The van der Waals surface area contributed by atoms with Gasteiger partial charge in [0.15, 0.2) is 0 Å². The highest BCUT2D eigenvalue weighted by Crippen LogP contribution is 2.26. The minimum absolute atomic E-state index is 0.0920. The van der Waals surface area contributed by atoms with Crippen LogP contribution in [0.1, 0.15) is 11.1 Å². The van der Waals surface area contributed by atoms with Gasteiger partial charge < -0.3 is 5.73 Å². The lowest BCUT2D eigenvalue weighted by molar-refractivity contribution is 1.38. The second kappa shape index (κ2) is 3.55. The average Bonchev–Trinajstić information content (AvgIpc) is 2.18. The van der Waals surface area contributed by atoms with Crippen molar-refractivity contribution < 1.29 is 0 Å². The number of rotatable bonds is 1. The van der Waals surface area contributed by atoms with E-state index in [1.807, 2.05) is 37.3 Å². The summed E-state index contributed by atoms with van der Waals surface area (Å²) >= 11 is 6.08. The first kappa shape index (κ1) is 9.99. The highest BCUT2D eigenvalue weighted by atomic mass is 35.5. The Balaban J connectivity index is 2.82. The van der Waals surface area contributed by atoms with Crippen molar-refractivity contribution in [2.75, 3.05) is 0 Å². The summed E-state index contributed by atoms with van der Waals surface area (Å²) in [5.74, 6) is 0.0920. The van der Waals surface area contributed by atoms with Crippen molar-refractivity contribution in [1.82, 2.24) is 0 Å². The Morgan fingerprint density at radius 3 is 2.73 bits per heavy atom. The van der Waals surface area contributed by atoms with Gasteiger partial charge in [0.25, 0.3) is 0 Å². The molecule has 0 heterocycles. The molecule has 0 aliphatic carbocycles. The second-order valence-corrected chi connectivity index (χ2v) is 3.95. The zero-order valence-corrected chi connectivity index (χ0v) is 9.10. The minimum Gasteiger partial charge on any atom is -0.384 e. The van der Waals surface area contributed by atoms with Crippen LogP contribution < -0.4 is 5.73 Å². The van der Waals surface area contributed by atoms with Crippen molar-refractivity contribution in [3.8, 4) is 0 Å². The molecule has 0 aliphatic rings. The van der Waals surface area contributed by atoms with Crippen molar-refractivity contribution in [2.45, 2.75) is 6.92 Å². The SMILES string of the molecule is Cc1cc2c(Cl)cccc2cc1C(=N)N. The Morgan fingerprint density at radius 1 is 1.33 bits per heavy atom. The summed E-state index contributed by atoms with van der Waals surface area (Å²) in [6.07, 6.45) is 0. The molecular formula is C12H11ClN2. The highest BCUT2D eigenvalue weighted by Gasteiger charge is 2.05. The van der Waals surface area contributed by atoms with Crippen LogP contribution in [0.2, 0.25) is 5.02 Å². The summed E-state index contributed by atoms with van der Waals surface area (Å²) in [4.78, 5) is 0. The maximum absolute atomic E-state index is 7.45. The normalized spacial score (nSPS) is 10.5. The van der Waals surface area contributed by atoms with E-state index < -0.39 is 0 Å². The molecule has 0 radical (unpaired) electrons. The number of hydrogen-bond acceptors (Lipinski definition) is 1. The molecule has 3 N–H and O–H groups in total. The molecule has 2 aromatic rings. The van der Waals surface area contributed by atoms with Crippen molar-refractivity contribution in [3.05, 3.63) is 46.5 Å². The predicted octanol–water partition coefficient (Wildman–Crippen LogP) is 3.09. The Bertz CT molecular complexity index is 547. The van der Waals surface area contributed by atoms with Crippen molar-refractivity contribution in [1.29, 1.82) is 5.41 Å². The molecule has 0 atom stereocenters. The van der Waals surface area contributed by atoms with E-state index in [2.05, 4.69) is 0 Å². The van der Waals surface area contributed by atoms with Crippen LogP contribution in [-0.4, -0.2) is 5.84 Å². The number of aryl methyl sites for hydroxylation is 1. The molecule has 2 rings (SSSR count). The maximum atomic E-state index is 7.45. The molecule has 3 heteroatoms. The molecule has 0 fully saturated rings.